The van der Waals surface area contributed by atoms with E-state index in [2.05, 4.69) is 20.6 Å². The third kappa shape index (κ3) is 4.39. The predicted molar refractivity (Wildman–Crippen MR) is 117 cm³/mol. The van der Waals surface area contributed by atoms with Crippen molar-refractivity contribution in [2.45, 2.75) is 31.3 Å². The van der Waals surface area contributed by atoms with Gasteiger partial charge in [-0.3, -0.25) is 5.32 Å². The van der Waals surface area contributed by atoms with Gasteiger partial charge in [-0.05, 0) is 36.6 Å². The van der Waals surface area contributed by atoms with E-state index in [1.54, 1.807) is 17.5 Å². The highest BCUT2D eigenvalue weighted by molar-refractivity contribution is 7.13. The number of anilines is 2. The Balaban J connectivity index is 1.19. The van der Waals surface area contributed by atoms with E-state index in [-0.39, 0.29) is 24.9 Å². The largest absolute Gasteiger partial charge is 0.441 e. The monoisotopic (exact) mass is 438 g/mol. The summed E-state index contributed by atoms with van der Waals surface area (Å²) >= 11 is 1.63. The van der Waals surface area contributed by atoms with Gasteiger partial charge in [0.05, 0.1) is 29.8 Å². The highest BCUT2D eigenvalue weighted by atomic mass is 32.1. The minimum atomic E-state index is -0.523. The first-order valence-corrected chi connectivity index (χ1v) is 10.9. The van der Waals surface area contributed by atoms with E-state index in [9.17, 15) is 4.79 Å². The molecule has 4 atom stereocenters. The Bertz CT molecular complexity index is 1040. The average molecular weight is 439 g/mol. The number of amides is 1. The molecule has 2 aliphatic heterocycles. The minimum absolute atomic E-state index is 0.127. The predicted octanol–water partition coefficient (Wildman–Crippen LogP) is 3.71. The molecule has 9 heteroatoms. The molecule has 0 bridgehead atoms. The topological polar surface area (TPSA) is 94.6 Å². The average Bonchev–Trinajstić information content (AvgIpc) is 3.51. The number of rotatable bonds is 5. The quantitative estimate of drug-likeness (QED) is 0.627. The molecule has 3 aromatic rings. The van der Waals surface area contributed by atoms with Crippen LogP contribution in [-0.4, -0.2) is 53.6 Å². The van der Waals surface area contributed by atoms with E-state index >= 15 is 0 Å². The summed E-state index contributed by atoms with van der Waals surface area (Å²) in [6.07, 6.45) is 0.160. The van der Waals surface area contributed by atoms with Crippen LogP contribution >= 0.6 is 11.3 Å². The van der Waals surface area contributed by atoms with E-state index in [1.807, 2.05) is 54.8 Å². The van der Waals surface area contributed by atoms with E-state index in [1.165, 1.54) is 0 Å². The second-order valence-corrected chi connectivity index (χ2v) is 8.47. The molecule has 0 saturated carbocycles. The maximum atomic E-state index is 12.3. The summed E-state index contributed by atoms with van der Waals surface area (Å²) in [6, 6.07) is 13.3. The summed E-state index contributed by atoms with van der Waals surface area (Å²) in [7, 11) is 0. The van der Waals surface area contributed by atoms with Crippen molar-refractivity contribution in [3.8, 4) is 10.6 Å². The molecule has 2 aromatic heterocycles. The van der Waals surface area contributed by atoms with Crippen LogP contribution in [0.4, 0.5) is 16.4 Å². The first kappa shape index (κ1) is 19.9. The van der Waals surface area contributed by atoms with Crippen molar-refractivity contribution in [2.24, 2.45) is 0 Å². The van der Waals surface area contributed by atoms with Gasteiger partial charge in [0.25, 0.3) is 0 Å². The van der Waals surface area contributed by atoms with Crippen LogP contribution in [0.3, 0.4) is 0 Å². The molecule has 5 rings (SSSR count). The molecule has 2 fully saturated rings. The van der Waals surface area contributed by atoms with Gasteiger partial charge in [-0.15, -0.1) is 11.3 Å². The number of hydrogen-bond donors (Lipinski definition) is 2. The molecule has 2 saturated heterocycles. The Kier molecular flexibility index (Phi) is 5.54. The standard InChI is InChI=1S/C22H22N4O4S/c1-13-4-6-14(7-5-13)24-22(27)30-17-12-29-19-16(11-28-20(17)19)26-21-23-9-8-15(25-21)18-3-2-10-31-18/h2-10,16-17,19-20H,11-12H2,1H3,(H,24,27)(H,23,25,26)/t16-,17-,19-,20+/m0/s1. The number of carbonyl (C=O) groups is 1. The summed E-state index contributed by atoms with van der Waals surface area (Å²) in [5.41, 5.74) is 2.67. The third-order valence-corrected chi connectivity index (χ3v) is 6.20. The van der Waals surface area contributed by atoms with Crippen molar-refractivity contribution in [1.29, 1.82) is 0 Å². The molecule has 1 amide bonds. The van der Waals surface area contributed by atoms with Crippen LogP contribution in [0, 0.1) is 6.92 Å². The van der Waals surface area contributed by atoms with E-state index < -0.39 is 12.2 Å². The van der Waals surface area contributed by atoms with Gasteiger partial charge < -0.3 is 19.5 Å². The lowest BCUT2D eigenvalue weighted by Crippen LogP contribution is -2.38. The third-order valence-electron chi connectivity index (χ3n) is 5.31. The van der Waals surface area contributed by atoms with Gasteiger partial charge in [-0.1, -0.05) is 23.8 Å². The number of aryl methyl sites for hydroxylation is 1. The lowest BCUT2D eigenvalue weighted by Gasteiger charge is -2.18. The van der Waals surface area contributed by atoms with Crippen LogP contribution in [0.1, 0.15) is 5.56 Å². The van der Waals surface area contributed by atoms with Crippen LogP contribution in [0.5, 0.6) is 0 Å². The lowest BCUT2D eigenvalue weighted by atomic mass is 10.1. The Morgan fingerprint density at radius 2 is 1.97 bits per heavy atom. The van der Waals surface area contributed by atoms with Crippen molar-refractivity contribution >= 4 is 29.1 Å². The number of hydrogen-bond acceptors (Lipinski definition) is 8. The summed E-state index contributed by atoms with van der Waals surface area (Å²) in [5, 5.41) is 8.06. The van der Waals surface area contributed by atoms with Gasteiger partial charge in [0.15, 0.2) is 6.10 Å². The number of nitrogens with one attached hydrogen (secondary N) is 2. The normalized spacial score (nSPS) is 24.5. The number of fused-ring (bicyclic) bond motifs is 1. The number of carbonyl (C=O) groups excluding carboxylic acids is 1. The van der Waals surface area contributed by atoms with Gasteiger partial charge in [-0.2, -0.15) is 0 Å². The van der Waals surface area contributed by atoms with Gasteiger partial charge in [0.1, 0.15) is 12.2 Å². The van der Waals surface area contributed by atoms with Gasteiger partial charge in [0, 0.05) is 11.9 Å². The second kappa shape index (κ2) is 8.62. The number of ether oxygens (including phenoxy) is 3. The molecule has 0 spiro atoms. The van der Waals surface area contributed by atoms with E-state index in [0.29, 0.717) is 18.2 Å². The van der Waals surface area contributed by atoms with Crippen LogP contribution < -0.4 is 10.6 Å². The fraction of sp³-hybridized carbons (Fsp3) is 0.318. The Morgan fingerprint density at radius 1 is 1.13 bits per heavy atom. The highest BCUT2D eigenvalue weighted by Gasteiger charge is 2.49. The van der Waals surface area contributed by atoms with Gasteiger partial charge in [0.2, 0.25) is 5.95 Å². The van der Waals surface area contributed by atoms with Crippen LogP contribution in [0.2, 0.25) is 0 Å². The molecule has 2 N–H and O–H groups in total. The Labute approximate surface area is 183 Å². The Hall–Kier alpha value is -3.01. The zero-order valence-electron chi connectivity index (χ0n) is 16.9. The molecule has 160 valence electrons. The van der Waals surface area contributed by atoms with Gasteiger partial charge >= 0.3 is 6.09 Å². The maximum Gasteiger partial charge on any atom is 0.412 e. The molecule has 1 aromatic carbocycles. The van der Waals surface area contributed by atoms with Crippen molar-refractivity contribution in [3.05, 3.63) is 59.6 Å². The Morgan fingerprint density at radius 3 is 2.77 bits per heavy atom. The molecule has 4 heterocycles. The molecule has 2 aliphatic rings. The van der Waals surface area contributed by atoms with Crippen LogP contribution in [-0.2, 0) is 14.2 Å². The van der Waals surface area contributed by atoms with Crippen molar-refractivity contribution in [2.75, 3.05) is 23.8 Å². The maximum absolute atomic E-state index is 12.3. The lowest BCUT2D eigenvalue weighted by molar-refractivity contribution is 0.00917. The zero-order chi connectivity index (χ0) is 21.2. The van der Waals surface area contributed by atoms with Crippen LogP contribution in [0.25, 0.3) is 10.6 Å². The number of thiophene rings is 1. The first-order valence-electron chi connectivity index (χ1n) is 10.1. The molecular formula is C22H22N4O4S. The molecule has 0 aliphatic carbocycles. The van der Waals surface area contributed by atoms with Crippen molar-refractivity contribution < 1.29 is 19.0 Å². The second-order valence-electron chi connectivity index (χ2n) is 7.52. The molecule has 0 unspecified atom stereocenters. The molecule has 8 nitrogen and oxygen atoms in total. The first-order chi connectivity index (χ1) is 15.2. The number of benzene rings is 1. The van der Waals surface area contributed by atoms with Crippen molar-refractivity contribution in [1.82, 2.24) is 9.97 Å². The fourth-order valence-corrected chi connectivity index (χ4v) is 4.46. The molecule has 0 radical (unpaired) electrons. The van der Waals surface area contributed by atoms with E-state index in [0.717, 1.165) is 16.1 Å². The highest BCUT2D eigenvalue weighted by Crippen LogP contribution is 2.31. The van der Waals surface area contributed by atoms with Gasteiger partial charge in [-0.25, -0.2) is 14.8 Å². The number of aromatic nitrogens is 2. The summed E-state index contributed by atoms with van der Waals surface area (Å²) < 4.78 is 17.4. The fourth-order valence-electron chi connectivity index (χ4n) is 3.77. The van der Waals surface area contributed by atoms with Crippen LogP contribution in [0.15, 0.2) is 54.0 Å². The minimum Gasteiger partial charge on any atom is -0.441 e. The summed E-state index contributed by atoms with van der Waals surface area (Å²) in [5.74, 6) is 0.519. The smallest absolute Gasteiger partial charge is 0.412 e. The van der Waals surface area contributed by atoms with E-state index in [4.69, 9.17) is 14.2 Å². The summed E-state index contributed by atoms with van der Waals surface area (Å²) in [6.45, 7) is 2.69. The SMILES string of the molecule is Cc1ccc(NC(=O)O[C@H]2CO[C@@H]3[C@@H]2OC[C@@H]3Nc2nccc(-c3cccs3)n2)cc1. The molecule has 31 heavy (non-hydrogen) atoms. The molecular weight excluding hydrogens is 416 g/mol. The number of nitrogens with zero attached hydrogens (tertiary/aromatic N) is 2. The van der Waals surface area contributed by atoms with Crippen molar-refractivity contribution in [3.63, 3.8) is 0 Å². The zero-order valence-corrected chi connectivity index (χ0v) is 17.7. The summed E-state index contributed by atoms with van der Waals surface area (Å²) in [4.78, 5) is 22.3.